The Kier molecular flexibility index (Phi) is 10.2. The van der Waals surface area contributed by atoms with E-state index in [2.05, 4.69) is 26.1 Å². The molecule has 0 aliphatic carbocycles. The zero-order valence-electron chi connectivity index (χ0n) is 11.5. The van der Waals surface area contributed by atoms with Crippen LogP contribution in [0.3, 0.4) is 0 Å². The lowest BCUT2D eigenvalue weighted by Gasteiger charge is -2.12. The van der Waals surface area contributed by atoms with Crippen LogP contribution in [0.15, 0.2) is 0 Å². The molecule has 0 aliphatic heterocycles. The first-order valence-electron chi connectivity index (χ1n) is 6.69. The quantitative estimate of drug-likeness (QED) is 0.575. The monoisotopic (exact) mass is 244 g/mol. The molecular formula is C13H28N2O2. The first-order valence-corrected chi connectivity index (χ1v) is 6.69. The molecule has 0 spiro atoms. The highest BCUT2D eigenvalue weighted by Gasteiger charge is 2.11. The average Bonchev–Trinajstić information content (AvgIpc) is 2.29. The van der Waals surface area contributed by atoms with Crippen molar-refractivity contribution in [2.24, 2.45) is 11.7 Å². The standard InChI is InChI=1S/C13H28N2O2/c1-4-5-7-12(14)13(16)15-8-6-9-17-10-11(2)3/h11-12H,4-10,14H2,1-3H3,(H,15,16)/t12-/m0/s1. The fraction of sp³-hybridized carbons (Fsp3) is 0.923. The van der Waals surface area contributed by atoms with E-state index >= 15 is 0 Å². The van der Waals surface area contributed by atoms with Gasteiger partial charge in [-0.05, 0) is 18.8 Å². The van der Waals surface area contributed by atoms with Crippen LogP contribution in [0.25, 0.3) is 0 Å². The number of hydrogen-bond donors (Lipinski definition) is 2. The topological polar surface area (TPSA) is 64.4 Å². The van der Waals surface area contributed by atoms with Gasteiger partial charge >= 0.3 is 0 Å². The van der Waals surface area contributed by atoms with Gasteiger partial charge in [0.25, 0.3) is 0 Å². The van der Waals surface area contributed by atoms with Gasteiger partial charge in [0.1, 0.15) is 0 Å². The molecule has 0 aromatic carbocycles. The third kappa shape index (κ3) is 10.3. The maximum absolute atomic E-state index is 11.5. The Morgan fingerprint density at radius 1 is 1.35 bits per heavy atom. The van der Waals surface area contributed by atoms with Crippen molar-refractivity contribution in [1.82, 2.24) is 5.32 Å². The van der Waals surface area contributed by atoms with E-state index in [-0.39, 0.29) is 11.9 Å². The number of nitrogens with one attached hydrogen (secondary N) is 1. The summed E-state index contributed by atoms with van der Waals surface area (Å²) in [6.45, 7) is 8.46. The number of carbonyl (C=O) groups is 1. The second-order valence-corrected chi connectivity index (χ2v) is 4.86. The molecule has 0 saturated carbocycles. The summed E-state index contributed by atoms with van der Waals surface area (Å²) < 4.78 is 5.42. The zero-order valence-corrected chi connectivity index (χ0v) is 11.5. The third-order valence-corrected chi connectivity index (χ3v) is 2.42. The summed E-state index contributed by atoms with van der Waals surface area (Å²) in [6.07, 6.45) is 3.70. The lowest BCUT2D eigenvalue weighted by atomic mass is 10.1. The summed E-state index contributed by atoms with van der Waals surface area (Å²) in [5.74, 6) is 0.523. The van der Waals surface area contributed by atoms with Crippen molar-refractivity contribution >= 4 is 5.91 Å². The molecule has 17 heavy (non-hydrogen) atoms. The Morgan fingerprint density at radius 2 is 2.06 bits per heavy atom. The van der Waals surface area contributed by atoms with Crippen LogP contribution in [0.5, 0.6) is 0 Å². The van der Waals surface area contributed by atoms with Crippen molar-refractivity contribution in [3.05, 3.63) is 0 Å². The molecule has 4 nitrogen and oxygen atoms in total. The second kappa shape index (κ2) is 10.5. The highest BCUT2D eigenvalue weighted by Crippen LogP contribution is 1.98. The van der Waals surface area contributed by atoms with Gasteiger partial charge in [-0.15, -0.1) is 0 Å². The minimum absolute atomic E-state index is 0.0395. The van der Waals surface area contributed by atoms with Gasteiger partial charge in [-0.1, -0.05) is 33.6 Å². The molecule has 0 aliphatic rings. The van der Waals surface area contributed by atoms with Crippen LogP contribution in [-0.4, -0.2) is 31.7 Å². The third-order valence-electron chi connectivity index (χ3n) is 2.42. The number of nitrogens with two attached hydrogens (primary N) is 1. The van der Waals surface area contributed by atoms with Crippen LogP contribution in [0.1, 0.15) is 46.5 Å². The molecule has 102 valence electrons. The number of ether oxygens (including phenoxy) is 1. The highest BCUT2D eigenvalue weighted by atomic mass is 16.5. The van der Waals surface area contributed by atoms with Gasteiger partial charge in [-0.2, -0.15) is 0 Å². The number of amides is 1. The Bertz CT molecular complexity index is 196. The Labute approximate surface area is 105 Å². The molecule has 0 rings (SSSR count). The molecular weight excluding hydrogens is 216 g/mol. The predicted octanol–water partition coefficient (Wildman–Crippen LogP) is 1.68. The van der Waals surface area contributed by atoms with Crippen molar-refractivity contribution < 1.29 is 9.53 Å². The normalized spacial score (nSPS) is 12.8. The molecule has 1 amide bonds. The number of carbonyl (C=O) groups excluding carboxylic acids is 1. The van der Waals surface area contributed by atoms with Gasteiger partial charge in [0.15, 0.2) is 0 Å². The van der Waals surface area contributed by atoms with Gasteiger partial charge < -0.3 is 15.8 Å². The van der Waals surface area contributed by atoms with Crippen molar-refractivity contribution in [2.75, 3.05) is 19.8 Å². The fourth-order valence-corrected chi connectivity index (χ4v) is 1.39. The minimum Gasteiger partial charge on any atom is -0.381 e. The van der Waals surface area contributed by atoms with Gasteiger partial charge in [-0.25, -0.2) is 0 Å². The van der Waals surface area contributed by atoms with Crippen LogP contribution in [0.2, 0.25) is 0 Å². The molecule has 1 atom stereocenters. The van der Waals surface area contributed by atoms with Crippen molar-refractivity contribution in [3.63, 3.8) is 0 Å². The van der Waals surface area contributed by atoms with E-state index in [0.29, 0.717) is 19.1 Å². The lowest BCUT2D eigenvalue weighted by molar-refractivity contribution is -0.122. The average molecular weight is 244 g/mol. The van der Waals surface area contributed by atoms with Gasteiger partial charge in [-0.3, -0.25) is 4.79 Å². The van der Waals surface area contributed by atoms with Crippen molar-refractivity contribution in [2.45, 2.75) is 52.5 Å². The summed E-state index contributed by atoms with van der Waals surface area (Å²) in [7, 11) is 0. The van der Waals surface area contributed by atoms with E-state index < -0.39 is 0 Å². The van der Waals surface area contributed by atoms with E-state index in [1.54, 1.807) is 0 Å². The van der Waals surface area contributed by atoms with Gasteiger partial charge in [0.05, 0.1) is 6.04 Å². The summed E-state index contributed by atoms with van der Waals surface area (Å²) in [5, 5.41) is 2.84. The van der Waals surface area contributed by atoms with E-state index in [4.69, 9.17) is 10.5 Å². The summed E-state index contributed by atoms with van der Waals surface area (Å²) in [5.41, 5.74) is 5.74. The molecule has 4 heteroatoms. The molecule has 0 unspecified atom stereocenters. The Balaban J connectivity index is 3.38. The molecule has 0 bridgehead atoms. The highest BCUT2D eigenvalue weighted by molar-refractivity contribution is 5.81. The van der Waals surface area contributed by atoms with Crippen LogP contribution >= 0.6 is 0 Å². The Hall–Kier alpha value is -0.610. The maximum Gasteiger partial charge on any atom is 0.236 e. The lowest BCUT2D eigenvalue weighted by Crippen LogP contribution is -2.41. The largest absolute Gasteiger partial charge is 0.381 e. The van der Waals surface area contributed by atoms with Crippen LogP contribution < -0.4 is 11.1 Å². The molecule has 0 fully saturated rings. The second-order valence-electron chi connectivity index (χ2n) is 4.86. The van der Waals surface area contributed by atoms with Crippen molar-refractivity contribution in [1.29, 1.82) is 0 Å². The SMILES string of the molecule is CCCC[C@H](N)C(=O)NCCCOCC(C)C. The van der Waals surface area contributed by atoms with E-state index in [0.717, 1.165) is 32.3 Å². The smallest absolute Gasteiger partial charge is 0.236 e. The summed E-state index contributed by atoms with van der Waals surface area (Å²) in [6, 6.07) is -0.355. The molecule has 0 radical (unpaired) electrons. The van der Waals surface area contributed by atoms with E-state index in [1.807, 2.05) is 0 Å². The Morgan fingerprint density at radius 3 is 2.65 bits per heavy atom. The number of hydrogen-bond acceptors (Lipinski definition) is 3. The number of rotatable bonds is 10. The molecule has 0 heterocycles. The maximum atomic E-state index is 11.5. The van der Waals surface area contributed by atoms with Crippen LogP contribution in [0, 0.1) is 5.92 Å². The van der Waals surface area contributed by atoms with Crippen LogP contribution in [-0.2, 0) is 9.53 Å². The first-order chi connectivity index (χ1) is 8.07. The summed E-state index contributed by atoms with van der Waals surface area (Å²) in [4.78, 5) is 11.5. The summed E-state index contributed by atoms with van der Waals surface area (Å²) >= 11 is 0. The van der Waals surface area contributed by atoms with Crippen LogP contribution in [0.4, 0.5) is 0 Å². The molecule has 3 N–H and O–H groups in total. The van der Waals surface area contributed by atoms with Crippen molar-refractivity contribution in [3.8, 4) is 0 Å². The molecule has 0 aromatic heterocycles. The first kappa shape index (κ1) is 16.4. The molecule has 0 saturated heterocycles. The van der Waals surface area contributed by atoms with E-state index in [1.165, 1.54) is 0 Å². The minimum atomic E-state index is -0.355. The van der Waals surface area contributed by atoms with Gasteiger partial charge in [0, 0.05) is 19.8 Å². The zero-order chi connectivity index (χ0) is 13.1. The fourth-order valence-electron chi connectivity index (χ4n) is 1.39. The predicted molar refractivity (Wildman–Crippen MR) is 70.8 cm³/mol. The molecule has 0 aromatic rings. The number of unbranched alkanes of at least 4 members (excludes halogenated alkanes) is 1. The van der Waals surface area contributed by atoms with E-state index in [9.17, 15) is 4.79 Å². The van der Waals surface area contributed by atoms with Gasteiger partial charge in [0.2, 0.25) is 5.91 Å².